The number of rotatable bonds is 4. The first-order valence-electron chi connectivity index (χ1n) is 4.97. The highest BCUT2D eigenvalue weighted by atomic mass is 35.5. The molecular formula is C11H15Cl2N. The fraction of sp³-hybridized carbons (Fsp3) is 0.545. The zero-order chi connectivity index (χ0) is 10.6. The molecule has 0 amide bonds. The summed E-state index contributed by atoms with van der Waals surface area (Å²) in [5.74, 6) is 0.465. The molecule has 78 valence electrons. The molecule has 1 rings (SSSR count). The predicted molar refractivity (Wildman–Crippen MR) is 62.2 cm³/mol. The van der Waals surface area contributed by atoms with Crippen molar-refractivity contribution in [2.24, 2.45) is 0 Å². The number of halogens is 2. The van der Waals surface area contributed by atoms with Crippen molar-refractivity contribution in [3.63, 3.8) is 0 Å². The molecule has 1 atom stereocenters. The van der Waals surface area contributed by atoms with Crippen LogP contribution in [0.3, 0.4) is 0 Å². The summed E-state index contributed by atoms with van der Waals surface area (Å²) in [4.78, 5) is 4.03. The van der Waals surface area contributed by atoms with Crippen LogP contribution in [-0.4, -0.2) is 4.98 Å². The molecule has 0 aliphatic rings. The Morgan fingerprint density at radius 2 is 2.07 bits per heavy atom. The number of nitrogens with zero attached hydrogens (tertiary/aromatic N) is 1. The van der Waals surface area contributed by atoms with E-state index in [1.54, 1.807) is 6.07 Å². The fourth-order valence-corrected chi connectivity index (χ4v) is 1.99. The summed E-state index contributed by atoms with van der Waals surface area (Å²) in [5, 5.41) is 1.00. The van der Waals surface area contributed by atoms with Crippen molar-refractivity contribution in [3.8, 4) is 0 Å². The molecule has 0 radical (unpaired) electrons. The molecule has 1 unspecified atom stereocenters. The van der Waals surface area contributed by atoms with Crippen molar-refractivity contribution in [2.75, 3.05) is 0 Å². The fourth-order valence-electron chi connectivity index (χ4n) is 1.46. The van der Waals surface area contributed by atoms with Crippen molar-refractivity contribution < 1.29 is 0 Å². The van der Waals surface area contributed by atoms with E-state index in [1.165, 1.54) is 12.8 Å². The van der Waals surface area contributed by atoms with Crippen LogP contribution in [0.15, 0.2) is 12.1 Å². The largest absolute Gasteiger partial charge is 0.224 e. The third kappa shape index (κ3) is 3.14. The topological polar surface area (TPSA) is 12.9 Å². The van der Waals surface area contributed by atoms with E-state index in [9.17, 15) is 0 Å². The van der Waals surface area contributed by atoms with Crippen LogP contribution in [0, 0.1) is 0 Å². The maximum atomic E-state index is 6.01. The summed E-state index contributed by atoms with van der Waals surface area (Å²) in [6.07, 6.45) is 3.59. The Hall–Kier alpha value is -0.270. The summed E-state index contributed by atoms with van der Waals surface area (Å²) in [5.41, 5.74) is 1.10. The van der Waals surface area contributed by atoms with Crippen LogP contribution in [0.4, 0.5) is 0 Å². The van der Waals surface area contributed by atoms with Crippen molar-refractivity contribution in [1.29, 1.82) is 0 Å². The minimum atomic E-state index is 0.460. The molecule has 0 saturated carbocycles. The van der Waals surface area contributed by atoms with Crippen LogP contribution in [-0.2, 0) is 0 Å². The van der Waals surface area contributed by atoms with Gasteiger partial charge in [-0.25, -0.2) is 4.98 Å². The summed E-state index contributed by atoms with van der Waals surface area (Å²) in [7, 11) is 0. The lowest BCUT2D eigenvalue weighted by molar-refractivity contribution is 0.623. The Balaban J connectivity index is 2.74. The van der Waals surface area contributed by atoms with E-state index in [1.807, 2.05) is 6.07 Å². The highest BCUT2D eigenvalue weighted by Crippen LogP contribution is 2.27. The lowest BCUT2D eigenvalue weighted by Crippen LogP contribution is -1.96. The molecule has 1 aromatic heterocycles. The Bertz CT molecular complexity index is 299. The van der Waals surface area contributed by atoms with Crippen LogP contribution < -0.4 is 0 Å². The van der Waals surface area contributed by atoms with Gasteiger partial charge in [-0.1, -0.05) is 56.0 Å². The smallest absolute Gasteiger partial charge is 0.134 e. The molecule has 0 saturated heterocycles. The van der Waals surface area contributed by atoms with Gasteiger partial charge in [-0.3, -0.25) is 0 Å². The molecule has 0 aromatic carbocycles. The second-order valence-corrected chi connectivity index (χ2v) is 4.30. The van der Waals surface area contributed by atoms with E-state index in [2.05, 4.69) is 18.8 Å². The zero-order valence-corrected chi connectivity index (χ0v) is 10.1. The van der Waals surface area contributed by atoms with Gasteiger partial charge in [0.1, 0.15) is 10.3 Å². The lowest BCUT2D eigenvalue weighted by Gasteiger charge is -2.12. The molecule has 0 bridgehead atoms. The van der Waals surface area contributed by atoms with Crippen LogP contribution in [0.5, 0.6) is 0 Å². The van der Waals surface area contributed by atoms with Crippen molar-refractivity contribution in [1.82, 2.24) is 4.98 Å². The Labute approximate surface area is 95.4 Å². The highest BCUT2D eigenvalue weighted by molar-refractivity contribution is 6.32. The van der Waals surface area contributed by atoms with Gasteiger partial charge in [0.25, 0.3) is 0 Å². The number of unbranched alkanes of at least 4 members (excludes halogenated alkanes) is 1. The first kappa shape index (κ1) is 11.8. The van der Waals surface area contributed by atoms with Crippen LogP contribution >= 0.6 is 23.2 Å². The molecule has 14 heavy (non-hydrogen) atoms. The third-order valence-corrected chi connectivity index (χ3v) is 2.88. The van der Waals surface area contributed by atoms with Gasteiger partial charge in [0.2, 0.25) is 0 Å². The molecular weight excluding hydrogens is 217 g/mol. The Morgan fingerprint density at radius 1 is 1.36 bits per heavy atom. The molecule has 0 aliphatic carbocycles. The van der Waals surface area contributed by atoms with Gasteiger partial charge < -0.3 is 0 Å². The maximum absolute atomic E-state index is 6.01. The molecule has 1 aromatic rings. The normalized spacial score (nSPS) is 12.9. The lowest BCUT2D eigenvalue weighted by atomic mass is 9.97. The standard InChI is InChI=1S/C11H15Cl2N/c1-3-4-5-8(2)9-6-7-10(12)14-11(9)13/h6-8H,3-5H2,1-2H3. The number of hydrogen-bond donors (Lipinski definition) is 0. The summed E-state index contributed by atoms with van der Waals surface area (Å²) in [6.45, 7) is 4.36. The maximum Gasteiger partial charge on any atom is 0.134 e. The average Bonchev–Trinajstić information content (AvgIpc) is 2.14. The molecule has 0 spiro atoms. The second kappa shape index (κ2) is 5.57. The zero-order valence-electron chi connectivity index (χ0n) is 8.56. The minimum Gasteiger partial charge on any atom is -0.224 e. The minimum absolute atomic E-state index is 0.460. The van der Waals surface area contributed by atoms with Gasteiger partial charge in [0, 0.05) is 0 Å². The number of aromatic nitrogens is 1. The quantitative estimate of drug-likeness (QED) is 0.686. The molecule has 0 fully saturated rings. The molecule has 0 N–H and O–H groups in total. The first-order valence-corrected chi connectivity index (χ1v) is 5.72. The summed E-state index contributed by atoms with van der Waals surface area (Å²) < 4.78 is 0. The monoisotopic (exact) mass is 231 g/mol. The van der Waals surface area contributed by atoms with Crippen LogP contribution in [0.1, 0.15) is 44.6 Å². The molecule has 3 heteroatoms. The SMILES string of the molecule is CCCCC(C)c1ccc(Cl)nc1Cl. The van der Waals surface area contributed by atoms with E-state index in [0.717, 1.165) is 12.0 Å². The average molecular weight is 232 g/mol. The molecule has 1 nitrogen and oxygen atoms in total. The highest BCUT2D eigenvalue weighted by Gasteiger charge is 2.10. The number of pyridine rings is 1. The van der Waals surface area contributed by atoms with Crippen molar-refractivity contribution in [3.05, 3.63) is 28.0 Å². The van der Waals surface area contributed by atoms with Crippen molar-refractivity contribution >= 4 is 23.2 Å². The van der Waals surface area contributed by atoms with Gasteiger partial charge >= 0.3 is 0 Å². The van der Waals surface area contributed by atoms with Gasteiger partial charge in [0.15, 0.2) is 0 Å². The predicted octanol–water partition coefficient (Wildman–Crippen LogP) is 4.68. The van der Waals surface area contributed by atoms with Gasteiger partial charge in [-0.15, -0.1) is 0 Å². The van der Waals surface area contributed by atoms with E-state index >= 15 is 0 Å². The second-order valence-electron chi connectivity index (χ2n) is 3.56. The number of hydrogen-bond acceptors (Lipinski definition) is 1. The summed E-state index contributed by atoms with van der Waals surface area (Å²) >= 11 is 11.7. The van der Waals surface area contributed by atoms with Gasteiger partial charge in [-0.05, 0) is 24.0 Å². The Morgan fingerprint density at radius 3 is 2.64 bits per heavy atom. The van der Waals surface area contributed by atoms with E-state index in [-0.39, 0.29) is 0 Å². The Kier molecular flexibility index (Phi) is 4.70. The molecule has 0 aliphatic heterocycles. The summed E-state index contributed by atoms with van der Waals surface area (Å²) in [6, 6.07) is 3.77. The van der Waals surface area contributed by atoms with Crippen molar-refractivity contribution in [2.45, 2.75) is 39.0 Å². The van der Waals surface area contributed by atoms with Gasteiger partial charge in [0.05, 0.1) is 0 Å². The van der Waals surface area contributed by atoms with E-state index < -0.39 is 0 Å². The van der Waals surface area contributed by atoms with E-state index in [0.29, 0.717) is 16.2 Å². The third-order valence-electron chi connectivity index (χ3n) is 2.37. The van der Waals surface area contributed by atoms with Crippen LogP contribution in [0.25, 0.3) is 0 Å². The van der Waals surface area contributed by atoms with Crippen LogP contribution in [0.2, 0.25) is 10.3 Å². The molecule has 1 heterocycles. The van der Waals surface area contributed by atoms with Gasteiger partial charge in [-0.2, -0.15) is 0 Å². The van der Waals surface area contributed by atoms with E-state index in [4.69, 9.17) is 23.2 Å². The first-order chi connectivity index (χ1) is 6.65.